The SMILES string of the molecule is CCOC(=O)c1c(C)on(C(=O)N(c2ccc(Cl)cc2)C(C)C)c1=O. The van der Waals surface area contributed by atoms with Crippen LogP contribution in [0.25, 0.3) is 0 Å². The number of nitrogens with zero attached hydrogens (tertiary/aromatic N) is 2. The Labute approximate surface area is 149 Å². The van der Waals surface area contributed by atoms with E-state index in [9.17, 15) is 14.4 Å². The fourth-order valence-electron chi connectivity index (χ4n) is 2.37. The molecule has 0 radical (unpaired) electrons. The molecule has 0 aliphatic heterocycles. The van der Waals surface area contributed by atoms with Gasteiger partial charge in [-0.25, -0.2) is 9.59 Å². The van der Waals surface area contributed by atoms with Gasteiger partial charge in [0.05, 0.1) is 6.61 Å². The number of carbonyl (C=O) groups is 2. The van der Waals surface area contributed by atoms with Crippen molar-refractivity contribution in [2.75, 3.05) is 11.5 Å². The van der Waals surface area contributed by atoms with Gasteiger partial charge in [-0.05, 0) is 52.0 Å². The minimum absolute atomic E-state index is 0.0246. The smallest absolute Gasteiger partial charge is 0.365 e. The van der Waals surface area contributed by atoms with E-state index in [1.807, 2.05) is 0 Å². The van der Waals surface area contributed by atoms with E-state index in [2.05, 4.69) is 0 Å². The Hall–Kier alpha value is -2.54. The highest BCUT2D eigenvalue weighted by Crippen LogP contribution is 2.21. The molecule has 0 spiro atoms. The van der Waals surface area contributed by atoms with Gasteiger partial charge in [-0.1, -0.05) is 16.3 Å². The van der Waals surface area contributed by atoms with Gasteiger partial charge in [0.1, 0.15) is 0 Å². The molecule has 0 saturated heterocycles. The second-order valence-electron chi connectivity index (χ2n) is 5.57. The van der Waals surface area contributed by atoms with Crippen LogP contribution in [0.1, 0.15) is 36.9 Å². The lowest BCUT2D eigenvalue weighted by atomic mass is 10.2. The number of aryl methyl sites for hydroxylation is 1. The van der Waals surface area contributed by atoms with Crippen LogP contribution in [0.4, 0.5) is 10.5 Å². The van der Waals surface area contributed by atoms with Crippen LogP contribution in [-0.4, -0.2) is 29.4 Å². The quantitative estimate of drug-likeness (QED) is 0.774. The van der Waals surface area contributed by atoms with Crippen molar-refractivity contribution < 1.29 is 18.8 Å². The number of carbonyl (C=O) groups excluding carboxylic acids is 2. The first-order chi connectivity index (χ1) is 11.8. The van der Waals surface area contributed by atoms with Gasteiger partial charge >= 0.3 is 17.6 Å². The van der Waals surface area contributed by atoms with E-state index in [0.29, 0.717) is 15.4 Å². The monoisotopic (exact) mass is 366 g/mol. The van der Waals surface area contributed by atoms with E-state index in [1.54, 1.807) is 45.0 Å². The Morgan fingerprint density at radius 3 is 2.40 bits per heavy atom. The lowest BCUT2D eigenvalue weighted by Gasteiger charge is -2.25. The van der Waals surface area contributed by atoms with Gasteiger partial charge in [-0.3, -0.25) is 9.69 Å². The van der Waals surface area contributed by atoms with Crippen molar-refractivity contribution in [2.24, 2.45) is 0 Å². The Morgan fingerprint density at radius 2 is 1.88 bits per heavy atom. The number of halogens is 1. The van der Waals surface area contributed by atoms with Gasteiger partial charge < -0.3 is 9.26 Å². The number of amides is 1. The molecule has 2 rings (SSSR count). The van der Waals surface area contributed by atoms with E-state index in [0.717, 1.165) is 0 Å². The van der Waals surface area contributed by atoms with E-state index >= 15 is 0 Å². The van der Waals surface area contributed by atoms with Crippen molar-refractivity contribution in [1.29, 1.82) is 0 Å². The number of ether oxygens (including phenoxy) is 1. The topological polar surface area (TPSA) is 81.8 Å². The minimum Gasteiger partial charge on any atom is -0.462 e. The highest BCUT2D eigenvalue weighted by molar-refractivity contribution is 6.30. The van der Waals surface area contributed by atoms with Gasteiger partial charge in [-0.15, -0.1) is 0 Å². The molecule has 25 heavy (non-hydrogen) atoms. The number of anilines is 1. The normalized spacial score (nSPS) is 10.8. The summed E-state index contributed by atoms with van der Waals surface area (Å²) in [5.74, 6) is -0.792. The average molecular weight is 367 g/mol. The van der Waals surface area contributed by atoms with Crippen LogP contribution < -0.4 is 10.5 Å². The molecule has 1 aromatic heterocycles. The van der Waals surface area contributed by atoms with Crippen LogP contribution in [-0.2, 0) is 4.74 Å². The molecule has 0 aliphatic carbocycles. The van der Waals surface area contributed by atoms with Gasteiger partial charge in [0.25, 0.3) is 0 Å². The molecule has 0 atom stereocenters. The van der Waals surface area contributed by atoms with E-state index < -0.39 is 17.6 Å². The fraction of sp³-hybridized carbons (Fsp3) is 0.353. The summed E-state index contributed by atoms with van der Waals surface area (Å²) in [6.07, 6.45) is 0. The second-order valence-corrected chi connectivity index (χ2v) is 6.00. The van der Waals surface area contributed by atoms with Gasteiger partial charge in [0, 0.05) is 16.8 Å². The van der Waals surface area contributed by atoms with Gasteiger partial charge in [0.15, 0.2) is 11.3 Å². The summed E-state index contributed by atoms with van der Waals surface area (Å²) in [5, 5.41) is 0.524. The van der Waals surface area contributed by atoms with E-state index in [-0.39, 0.29) is 24.0 Å². The first-order valence-electron chi connectivity index (χ1n) is 7.77. The first-order valence-corrected chi connectivity index (χ1v) is 8.14. The first kappa shape index (κ1) is 18.8. The summed E-state index contributed by atoms with van der Waals surface area (Å²) in [6, 6.07) is 5.62. The summed E-state index contributed by atoms with van der Waals surface area (Å²) < 4.78 is 10.6. The third-order valence-corrected chi connectivity index (χ3v) is 3.71. The summed E-state index contributed by atoms with van der Waals surface area (Å²) in [5.41, 5.74) is -0.585. The van der Waals surface area contributed by atoms with Crippen LogP contribution in [0.2, 0.25) is 5.02 Å². The molecule has 1 heterocycles. The summed E-state index contributed by atoms with van der Waals surface area (Å²) >= 11 is 5.88. The summed E-state index contributed by atoms with van der Waals surface area (Å²) in [6.45, 7) is 6.75. The Balaban J connectivity index is 2.47. The van der Waals surface area contributed by atoms with Crippen LogP contribution in [0.3, 0.4) is 0 Å². The lowest BCUT2D eigenvalue weighted by Crippen LogP contribution is -2.43. The zero-order valence-corrected chi connectivity index (χ0v) is 15.2. The fourth-order valence-corrected chi connectivity index (χ4v) is 2.49. The van der Waals surface area contributed by atoms with Crippen LogP contribution in [0, 0.1) is 6.92 Å². The highest BCUT2D eigenvalue weighted by Gasteiger charge is 2.29. The van der Waals surface area contributed by atoms with Crippen molar-refractivity contribution in [2.45, 2.75) is 33.7 Å². The average Bonchev–Trinajstić information content (AvgIpc) is 2.84. The summed E-state index contributed by atoms with van der Waals surface area (Å²) in [7, 11) is 0. The molecule has 0 saturated carbocycles. The number of aromatic nitrogens is 1. The molecular weight excluding hydrogens is 348 g/mol. The third kappa shape index (κ3) is 3.76. The Bertz CT molecular complexity index is 836. The number of esters is 1. The second kappa shape index (κ2) is 7.57. The molecule has 134 valence electrons. The minimum atomic E-state index is -0.847. The predicted molar refractivity (Wildman–Crippen MR) is 93.5 cm³/mol. The molecule has 0 aliphatic rings. The number of hydrogen-bond acceptors (Lipinski definition) is 5. The van der Waals surface area contributed by atoms with Crippen molar-refractivity contribution in [3.05, 3.63) is 51.0 Å². The van der Waals surface area contributed by atoms with E-state index in [4.69, 9.17) is 20.9 Å². The maximum Gasteiger partial charge on any atom is 0.365 e. The van der Waals surface area contributed by atoms with Crippen LogP contribution >= 0.6 is 11.6 Å². The maximum absolute atomic E-state index is 12.8. The zero-order chi connectivity index (χ0) is 18.7. The number of rotatable bonds is 4. The summed E-state index contributed by atoms with van der Waals surface area (Å²) in [4.78, 5) is 38.6. The molecule has 1 aromatic carbocycles. The van der Waals surface area contributed by atoms with Crippen LogP contribution in [0.15, 0.2) is 33.6 Å². The molecule has 0 unspecified atom stereocenters. The largest absolute Gasteiger partial charge is 0.462 e. The lowest BCUT2D eigenvalue weighted by molar-refractivity contribution is 0.0523. The van der Waals surface area contributed by atoms with Gasteiger partial charge in [-0.2, -0.15) is 0 Å². The van der Waals surface area contributed by atoms with Crippen molar-refractivity contribution in [3.63, 3.8) is 0 Å². The van der Waals surface area contributed by atoms with Crippen LogP contribution in [0.5, 0.6) is 0 Å². The molecule has 1 amide bonds. The standard InChI is InChI=1S/C17H19ClN2O5/c1-5-24-16(22)14-11(4)25-20(15(14)21)17(23)19(10(2)3)13-8-6-12(18)7-9-13/h6-10H,5H2,1-4H3. The Kier molecular flexibility index (Phi) is 5.69. The molecule has 8 heteroatoms. The van der Waals surface area contributed by atoms with Gasteiger partial charge in [0.2, 0.25) is 0 Å². The highest BCUT2D eigenvalue weighted by atomic mass is 35.5. The van der Waals surface area contributed by atoms with Crippen molar-refractivity contribution >= 4 is 29.3 Å². The number of benzene rings is 1. The Morgan fingerprint density at radius 1 is 1.28 bits per heavy atom. The molecule has 0 N–H and O–H groups in total. The van der Waals surface area contributed by atoms with E-state index in [1.165, 1.54) is 11.8 Å². The third-order valence-electron chi connectivity index (χ3n) is 3.46. The van der Waals surface area contributed by atoms with Crippen molar-refractivity contribution in [1.82, 2.24) is 4.74 Å². The van der Waals surface area contributed by atoms with Crippen molar-refractivity contribution in [3.8, 4) is 0 Å². The molecule has 2 aromatic rings. The predicted octanol–water partition coefficient (Wildman–Crippen LogP) is 3.46. The molecular formula is C17H19ClN2O5. The molecule has 7 nitrogen and oxygen atoms in total. The molecule has 0 fully saturated rings. The number of hydrogen-bond donors (Lipinski definition) is 0. The molecule has 0 bridgehead atoms. The zero-order valence-electron chi connectivity index (χ0n) is 14.4. The maximum atomic E-state index is 12.8.